The van der Waals surface area contributed by atoms with Gasteiger partial charge in [-0.3, -0.25) is 0 Å². The summed E-state index contributed by atoms with van der Waals surface area (Å²) >= 11 is 0. The predicted octanol–water partition coefficient (Wildman–Crippen LogP) is 3.04. The van der Waals surface area contributed by atoms with Crippen molar-refractivity contribution in [1.29, 1.82) is 0 Å². The third kappa shape index (κ3) is 4.22. The summed E-state index contributed by atoms with van der Waals surface area (Å²) in [5.41, 5.74) is 10.5. The SMILES string of the molecule is [B]c1c([B])c([B])c2c(-c3cccc4c3C(C)(C)c3ccccc3-4)c3c([B])c([B])c([B])c([B])c3c(-c3ccc4oc5c6ccccc6ccc5c4c3)c2c1[B]. The number of rotatable bonds is 2. The zero-order valence-electron chi connectivity index (χ0n) is 29.8. The lowest BCUT2D eigenvalue weighted by Crippen LogP contribution is -2.50. The molecule has 16 radical (unpaired) electrons. The summed E-state index contributed by atoms with van der Waals surface area (Å²) < 4.78 is 6.49. The van der Waals surface area contributed by atoms with E-state index in [0.29, 0.717) is 32.7 Å². The second-order valence-electron chi connectivity index (χ2n) is 14.9. The van der Waals surface area contributed by atoms with E-state index in [4.69, 9.17) is 67.2 Å². The molecule has 54 heavy (non-hydrogen) atoms. The van der Waals surface area contributed by atoms with Crippen molar-refractivity contribution in [2.75, 3.05) is 0 Å². The van der Waals surface area contributed by atoms with Crippen LogP contribution in [-0.2, 0) is 5.41 Å². The molecule has 0 atom stereocenters. The second-order valence-corrected chi connectivity index (χ2v) is 14.9. The lowest BCUT2D eigenvalue weighted by atomic mass is 9.59. The summed E-state index contributed by atoms with van der Waals surface area (Å²) in [5.74, 6) is 0. The van der Waals surface area contributed by atoms with Crippen LogP contribution in [0, 0.1) is 0 Å². The van der Waals surface area contributed by atoms with Crippen LogP contribution in [0.2, 0.25) is 0 Å². The Morgan fingerprint density at radius 1 is 0.444 bits per heavy atom. The summed E-state index contributed by atoms with van der Waals surface area (Å²) in [6, 6.07) is 33.1. The summed E-state index contributed by atoms with van der Waals surface area (Å²) in [4.78, 5) is 0. The molecule has 0 saturated heterocycles. The van der Waals surface area contributed by atoms with Crippen LogP contribution in [0.5, 0.6) is 0 Å². The van der Waals surface area contributed by atoms with Crippen LogP contribution in [0.15, 0.2) is 101 Å². The molecule has 232 valence electrons. The summed E-state index contributed by atoms with van der Waals surface area (Å²) in [6.45, 7) is 4.45. The van der Waals surface area contributed by atoms with Crippen LogP contribution in [0.25, 0.3) is 87.6 Å². The van der Waals surface area contributed by atoms with Gasteiger partial charge in [0.15, 0.2) is 0 Å². The van der Waals surface area contributed by atoms with Crippen molar-refractivity contribution in [3.63, 3.8) is 0 Å². The Balaban J connectivity index is 1.43. The van der Waals surface area contributed by atoms with Gasteiger partial charge in [-0.05, 0) is 89.6 Å². The quantitative estimate of drug-likeness (QED) is 0.205. The lowest BCUT2D eigenvalue weighted by Gasteiger charge is -2.31. The van der Waals surface area contributed by atoms with Crippen LogP contribution in [0.1, 0.15) is 25.0 Å². The Morgan fingerprint density at radius 2 is 1.00 bits per heavy atom. The van der Waals surface area contributed by atoms with Crippen molar-refractivity contribution < 1.29 is 4.42 Å². The van der Waals surface area contributed by atoms with Gasteiger partial charge in [-0.1, -0.05) is 115 Å². The fraction of sp³-hybridized carbons (Fsp3) is 0.0667. The number of hydrogen-bond donors (Lipinski definition) is 0. The van der Waals surface area contributed by atoms with Crippen molar-refractivity contribution >= 4 is 161 Å². The molecular weight excluding hydrogens is 643 g/mol. The van der Waals surface area contributed by atoms with E-state index in [0.717, 1.165) is 60.5 Å². The number of benzene rings is 8. The van der Waals surface area contributed by atoms with Gasteiger partial charge in [0.05, 0.1) is 0 Å². The molecule has 0 bridgehead atoms. The van der Waals surface area contributed by atoms with Crippen LogP contribution in [-0.4, -0.2) is 62.8 Å². The highest BCUT2D eigenvalue weighted by Crippen LogP contribution is 2.54. The summed E-state index contributed by atoms with van der Waals surface area (Å²) in [7, 11) is 55.2. The number of fused-ring (bicyclic) bond motifs is 10. The highest BCUT2D eigenvalue weighted by atomic mass is 16.3. The average Bonchev–Trinajstić information content (AvgIpc) is 3.68. The molecule has 0 fully saturated rings. The maximum atomic E-state index is 7.11. The molecule has 1 heterocycles. The molecule has 0 saturated carbocycles. The van der Waals surface area contributed by atoms with E-state index >= 15 is 0 Å². The zero-order chi connectivity index (χ0) is 37.5. The van der Waals surface area contributed by atoms with Crippen molar-refractivity contribution in [2.45, 2.75) is 19.3 Å². The van der Waals surface area contributed by atoms with Crippen LogP contribution >= 0.6 is 0 Å². The molecule has 1 aliphatic carbocycles. The minimum Gasteiger partial charge on any atom is -0.455 e. The van der Waals surface area contributed by atoms with Crippen molar-refractivity contribution in [3.05, 3.63) is 108 Å². The highest BCUT2D eigenvalue weighted by Gasteiger charge is 2.38. The fourth-order valence-corrected chi connectivity index (χ4v) is 9.22. The van der Waals surface area contributed by atoms with Crippen LogP contribution in [0.4, 0.5) is 0 Å². The van der Waals surface area contributed by atoms with Gasteiger partial charge in [0, 0.05) is 21.6 Å². The molecule has 0 unspecified atom stereocenters. The number of hydrogen-bond acceptors (Lipinski definition) is 1. The third-order valence-corrected chi connectivity index (χ3v) is 11.8. The van der Waals surface area contributed by atoms with E-state index in [2.05, 4.69) is 80.6 Å². The second kappa shape index (κ2) is 11.4. The number of furan rings is 1. The standard InChI is InChI=1S/C45H22B8O/c1-45(2)27-13-6-5-10-22(27)23-11-7-12-25(35(23)45)30-33-31(36(46)40(50)42(52)38(33)48)29(32-34(30)39(49)43(53)41(51)37(32)47)20-15-17-28-26(18-20)24-16-14-19-8-3-4-9-21(19)44(24)54-28/h3-18H,1-2H3. The van der Waals surface area contributed by atoms with Crippen molar-refractivity contribution in [3.8, 4) is 33.4 Å². The average molecular weight is 665 g/mol. The van der Waals surface area contributed by atoms with E-state index in [1.807, 2.05) is 30.3 Å². The van der Waals surface area contributed by atoms with Gasteiger partial charge in [0.2, 0.25) is 0 Å². The van der Waals surface area contributed by atoms with Gasteiger partial charge in [0.1, 0.15) is 73.9 Å². The largest absolute Gasteiger partial charge is 0.455 e. The molecule has 0 spiro atoms. The first-order valence-electron chi connectivity index (χ1n) is 17.8. The fourth-order valence-electron chi connectivity index (χ4n) is 9.22. The van der Waals surface area contributed by atoms with Gasteiger partial charge in [-0.25, -0.2) is 0 Å². The van der Waals surface area contributed by atoms with Crippen molar-refractivity contribution in [2.24, 2.45) is 0 Å². The Bertz CT molecular complexity index is 3090. The Morgan fingerprint density at radius 3 is 1.67 bits per heavy atom. The minimum absolute atomic E-state index is 0.175. The molecule has 1 nitrogen and oxygen atoms in total. The van der Waals surface area contributed by atoms with Crippen LogP contribution < -0.4 is 43.7 Å². The smallest absolute Gasteiger partial charge is 0.143 e. The summed E-state index contributed by atoms with van der Waals surface area (Å²) in [6.07, 6.45) is 0. The molecule has 9 aromatic rings. The Hall–Kier alpha value is -5.14. The van der Waals surface area contributed by atoms with Gasteiger partial charge >= 0.3 is 0 Å². The molecule has 9 heteroatoms. The maximum Gasteiger partial charge on any atom is 0.143 e. The minimum atomic E-state index is -0.406. The Kier molecular flexibility index (Phi) is 7.08. The van der Waals surface area contributed by atoms with Gasteiger partial charge in [-0.15, -0.1) is 21.9 Å². The molecule has 1 aliphatic rings. The molecule has 10 rings (SSSR count). The molecule has 0 amide bonds. The van der Waals surface area contributed by atoms with E-state index in [-0.39, 0.29) is 43.7 Å². The zero-order valence-corrected chi connectivity index (χ0v) is 29.8. The first-order chi connectivity index (χ1) is 25.9. The molecule has 8 aromatic carbocycles. The first-order valence-corrected chi connectivity index (χ1v) is 17.8. The van der Waals surface area contributed by atoms with Gasteiger partial charge < -0.3 is 4.42 Å². The maximum absolute atomic E-state index is 7.11. The highest BCUT2D eigenvalue weighted by molar-refractivity contribution is 6.71. The molecular formula is C45H22B8O. The molecule has 0 aliphatic heterocycles. The van der Waals surface area contributed by atoms with E-state index in [1.54, 1.807) is 0 Å². The monoisotopic (exact) mass is 666 g/mol. The first kappa shape index (κ1) is 33.4. The topological polar surface area (TPSA) is 13.1 Å². The van der Waals surface area contributed by atoms with Crippen molar-refractivity contribution in [1.82, 2.24) is 0 Å². The third-order valence-electron chi connectivity index (χ3n) is 11.8. The lowest BCUT2D eigenvalue weighted by molar-refractivity contribution is 0.662. The van der Waals surface area contributed by atoms with Crippen LogP contribution in [0.3, 0.4) is 0 Å². The molecule has 0 N–H and O–H groups in total. The van der Waals surface area contributed by atoms with Gasteiger partial charge in [-0.2, -0.15) is 0 Å². The molecule has 1 aromatic heterocycles. The Labute approximate surface area is 324 Å². The predicted molar refractivity (Wildman–Crippen MR) is 238 cm³/mol. The van der Waals surface area contributed by atoms with E-state index in [1.165, 1.54) is 5.56 Å². The van der Waals surface area contributed by atoms with E-state index < -0.39 is 5.41 Å². The van der Waals surface area contributed by atoms with E-state index in [9.17, 15) is 0 Å². The summed E-state index contributed by atoms with van der Waals surface area (Å²) in [5, 5.41) is 6.34. The normalized spacial score (nSPS) is 13.4. The van der Waals surface area contributed by atoms with Gasteiger partial charge in [0.25, 0.3) is 0 Å².